The van der Waals surface area contributed by atoms with Crippen LogP contribution in [0.1, 0.15) is 59.1 Å². The minimum atomic E-state index is -0.451. The van der Waals surface area contributed by atoms with E-state index in [1.54, 1.807) is 31.2 Å². The summed E-state index contributed by atoms with van der Waals surface area (Å²) in [5.41, 5.74) is 3.33. The summed E-state index contributed by atoms with van der Waals surface area (Å²) in [5, 5.41) is 7.06. The van der Waals surface area contributed by atoms with Crippen LogP contribution in [-0.2, 0) is 17.6 Å². The second-order valence-electron chi connectivity index (χ2n) is 7.61. The highest BCUT2D eigenvalue weighted by Crippen LogP contribution is 2.40. The fraction of sp³-hybridized carbons (Fsp3) is 0.333. The van der Waals surface area contributed by atoms with E-state index in [4.69, 9.17) is 4.74 Å². The Bertz CT molecular complexity index is 1070. The third-order valence-electron chi connectivity index (χ3n) is 5.48. The Kier molecular flexibility index (Phi) is 6.42. The number of para-hydroxylation sites is 1. The van der Waals surface area contributed by atoms with Crippen molar-refractivity contribution in [2.24, 2.45) is 0 Å². The Morgan fingerprint density at radius 2 is 1.87 bits per heavy atom. The number of aromatic nitrogens is 1. The molecular formula is C24H27N3O3S. The Morgan fingerprint density at radius 3 is 2.65 bits per heavy atom. The van der Waals surface area contributed by atoms with Crippen molar-refractivity contribution in [3.8, 4) is 5.00 Å². The highest BCUT2D eigenvalue weighted by molar-refractivity contribution is 7.15. The van der Waals surface area contributed by atoms with Crippen molar-refractivity contribution in [3.05, 3.63) is 70.4 Å². The van der Waals surface area contributed by atoms with Gasteiger partial charge in [0.15, 0.2) is 0 Å². The second kappa shape index (κ2) is 9.39. The molecule has 0 fully saturated rings. The van der Waals surface area contributed by atoms with Gasteiger partial charge in [0.05, 0.1) is 23.9 Å². The average molecular weight is 438 g/mol. The topological polar surface area (TPSA) is 72.4 Å². The maximum Gasteiger partial charge on any atom is 0.340 e. The number of fused-ring (bicyclic) bond motifs is 1. The molecule has 0 saturated carbocycles. The van der Waals surface area contributed by atoms with Gasteiger partial charge in [0.25, 0.3) is 0 Å². The number of hydrogen-bond acceptors (Lipinski definition) is 4. The van der Waals surface area contributed by atoms with Crippen molar-refractivity contribution in [2.75, 3.05) is 11.9 Å². The standard InChI is InChI=1S/C24H27N3O3S/c1-3-30-23(28)17-10-4-6-12-19(17)26-24(29)25-16(2)21-18-11-5-7-13-20(18)31-22(21)27-14-8-9-15-27/h4,6,8-10,12,14-16H,3,5,7,11,13H2,1-2H3,(H2,25,26,29)/t16-/m1/s1. The quantitative estimate of drug-likeness (QED) is 0.502. The van der Waals surface area contributed by atoms with Crippen LogP contribution in [0.15, 0.2) is 48.8 Å². The average Bonchev–Trinajstić information content (AvgIpc) is 3.42. The number of rotatable bonds is 6. The molecule has 3 aromatic rings. The predicted molar refractivity (Wildman–Crippen MR) is 123 cm³/mol. The smallest absolute Gasteiger partial charge is 0.340 e. The van der Waals surface area contributed by atoms with Gasteiger partial charge in [0.1, 0.15) is 5.00 Å². The molecule has 0 saturated heterocycles. The van der Waals surface area contributed by atoms with Crippen molar-refractivity contribution in [1.29, 1.82) is 0 Å². The first-order valence-electron chi connectivity index (χ1n) is 10.7. The largest absolute Gasteiger partial charge is 0.462 e. The number of thiophene rings is 1. The van der Waals surface area contributed by atoms with Crippen LogP contribution in [0, 0.1) is 0 Å². The monoisotopic (exact) mass is 437 g/mol. The number of amides is 2. The highest BCUT2D eigenvalue weighted by atomic mass is 32.1. The molecule has 1 aromatic carbocycles. The molecule has 0 radical (unpaired) electrons. The van der Waals surface area contributed by atoms with Crippen LogP contribution < -0.4 is 10.6 Å². The van der Waals surface area contributed by atoms with E-state index in [0.29, 0.717) is 11.3 Å². The molecule has 2 aromatic heterocycles. The van der Waals surface area contributed by atoms with Crippen molar-refractivity contribution < 1.29 is 14.3 Å². The number of esters is 1. The molecule has 0 unspecified atom stereocenters. The second-order valence-corrected chi connectivity index (χ2v) is 8.69. The fourth-order valence-electron chi connectivity index (χ4n) is 4.09. The Labute approximate surface area is 186 Å². The first-order valence-corrected chi connectivity index (χ1v) is 11.5. The Balaban J connectivity index is 1.56. The molecule has 0 aliphatic heterocycles. The molecule has 0 spiro atoms. The lowest BCUT2D eigenvalue weighted by atomic mass is 9.93. The van der Waals surface area contributed by atoms with E-state index in [-0.39, 0.29) is 18.7 Å². The fourth-order valence-corrected chi connectivity index (χ4v) is 5.54. The minimum absolute atomic E-state index is 0.176. The number of nitrogens with one attached hydrogen (secondary N) is 2. The van der Waals surface area contributed by atoms with Gasteiger partial charge in [-0.15, -0.1) is 11.3 Å². The molecule has 2 amide bonds. The van der Waals surface area contributed by atoms with Crippen LogP contribution in [0.2, 0.25) is 0 Å². The molecule has 1 aliphatic carbocycles. The molecule has 7 heteroatoms. The summed E-state index contributed by atoms with van der Waals surface area (Å²) in [5.74, 6) is -0.451. The molecular weight excluding hydrogens is 410 g/mol. The van der Waals surface area contributed by atoms with E-state index >= 15 is 0 Å². The van der Waals surface area contributed by atoms with Gasteiger partial charge >= 0.3 is 12.0 Å². The zero-order chi connectivity index (χ0) is 21.8. The number of ether oxygens (including phenoxy) is 1. The maximum absolute atomic E-state index is 12.8. The van der Waals surface area contributed by atoms with Gasteiger partial charge < -0.3 is 19.9 Å². The van der Waals surface area contributed by atoms with Gasteiger partial charge in [-0.25, -0.2) is 9.59 Å². The van der Waals surface area contributed by atoms with Crippen molar-refractivity contribution in [2.45, 2.75) is 45.6 Å². The van der Waals surface area contributed by atoms with E-state index < -0.39 is 5.97 Å². The summed E-state index contributed by atoms with van der Waals surface area (Å²) in [7, 11) is 0. The molecule has 0 bridgehead atoms. The normalized spacial score (nSPS) is 13.9. The van der Waals surface area contributed by atoms with E-state index in [1.807, 2.05) is 42.8 Å². The number of hydrogen-bond donors (Lipinski definition) is 2. The van der Waals surface area contributed by atoms with Crippen molar-refractivity contribution in [1.82, 2.24) is 9.88 Å². The molecule has 2 heterocycles. The lowest BCUT2D eigenvalue weighted by molar-refractivity contribution is 0.0527. The zero-order valence-corrected chi connectivity index (χ0v) is 18.6. The van der Waals surface area contributed by atoms with Crippen LogP contribution in [0.3, 0.4) is 0 Å². The summed E-state index contributed by atoms with van der Waals surface area (Å²) in [6.07, 6.45) is 8.62. The molecule has 1 aliphatic rings. The van der Waals surface area contributed by atoms with Crippen molar-refractivity contribution in [3.63, 3.8) is 0 Å². The van der Waals surface area contributed by atoms with Crippen LogP contribution >= 0.6 is 11.3 Å². The molecule has 2 N–H and O–H groups in total. The Hall–Kier alpha value is -3.06. The van der Waals surface area contributed by atoms with E-state index in [2.05, 4.69) is 15.2 Å². The summed E-state index contributed by atoms with van der Waals surface area (Å²) >= 11 is 1.82. The lowest BCUT2D eigenvalue weighted by Crippen LogP contribution is -2.32. The summed E-state index contributed by atoms with van der Waals surface area (Å²) < 4.78 is 7.23. The molecule has 162 valence electrons. The number of carbonyl (C=O) groups is 2. The predicted octanol–water partition coefficient (Wildman–Crippen LogP) is 5.48. The number of anilines is 1. The minimum Gasteiger partial charge on any atom is -0.462 e. The van der Waals surface area contributed by atoms with Gasteiger partial charge in [-0.3, -0.25) is 0 Å². The SMILES string of the molecule is CCOC(=O)c1ccccc1NC(=O)N[C@H](C)c1c(-n2cccc2)sc2c1CCCC2. The van der Waals surface area contributed by atoms with Gasteiger partial charge in [-0.05, 0) is 69.4 Å². The molecule has 4 rings (SSSR count). The molecule has 6 nitrogen and oxygen atoms in total. The number of aryl methyl sites for hydroxylation is 1. The Morgan fingerprint density at radius 1 is 1.13 bits per heavy atom. The number of carbonyl (C=O) groups excluding carboxylic acids is 2. The maximum atomic E-state index is 12.8. The van der Waals surface area contributed by atoms with Crippen LogP contribution in [0.4, 0.5) is 10.5 Å². The lowest BCUT2D eigenvalue weighted by Gasteiger charge is -2.20. The third kappa shape index (κ3) is 4.51. The summed E-state index contributed by atoms with van der Waals surface area (Å²) in [6.45, 7) is 4.05. The highest BCUT2D eigenvalue weighted by Gasteiger charge is 2.26. The van der Waals surface area contributed by atoms with Crippen LogP contribution in [0.5, 0.6) is 0 Å². The van der Waals surface area contributed by atoms with Gasteiger partial charge in [0, 0.05) is 22.8 Å². The van der Waals surface area contributed by atoms with Crippen LogP contribution in [0.25, 0.3) is 5.00 Å². The van der Waals surface area contributed by atoms with E-state index in [1.165, 1.54) is 28.8 Å². The van der Waals surface area contributed by atoms with E-state index in [0.717, 1.165) is 17.8 Å². The van der Waals surface area contributed by atoms with Gasteiger partial charge in [-0.2, -0.15) is 0 Å². The first-order chi connectivity index (χ1) is 15.1. The number of benzene rings is 1. The third-order valence-corrected chi connectivity index (χ3v) is 6.80. The summed E-state index contributed by atoms with van der Waals surface area (Å²) in [4.78, 5) is 26.5. The molecule has 31 heavy (non-hydrogen) atoms. The van der Waals surface area contributed by atoms with Gasteiger partial charge in [-0.1, -0.05) is 12.1 Å². The van der Waals surface area contributed by atoms with Crippen LogP contribution in [-0.4, -0.2) is 23.2 Å². The van der Waals surface area contributed by atoms with E-state index in [9.17, 15) is 9.59 Å². The van der Waals surface area contributed by atoms with Gasteiger partial charge in [0.2, 0.25) is 0 Å². The summed E-state index contributed by atoms with van der Waals surface area (Å²) in [6, 6.07) is 10.4. The molecule has 1 atom stereocenters. The number of urea groups is 1. The first kappa shape index (κ1) is 21.2. The zero-order valence-electron chi connectivity index (χ0n) is 17.8. The van der Waals surface area contributed by atoms with Crippen molar-refractivity contribution >= 4 is 29.0 Å². The number of nitrogens with zero attached hydrogens (tertiary/aromatic N) is 1.